The summed E-state index contributed by atoms with van der Waals surface area (Å²) in [4.78, 5) is 12.4. The zero-order valence-electron chi connectivity index (χ0n) is 10.7. The quantitative estimate of drug-likeness (QED) is 0.830. The average Bonchev–Trinajstić information content (AvgIpc) is 2.82. The molecule has 4 atom stereocenters. The largest absolute Gasteiger partial charge is 0.324 e. The van der Waals surface area contributed by atoms with Crippen LogP contribution in [0.15, 0.2) is 16.6 Å². The SMILES string of the molecule is O=C(Nc1c(Cl)cc(F)cc1Br)C1C2C3CCC(C3)C12. The molecule has 2 nitrogen and oxygen atoms in total. The summed E-state index contributed by atoms with van der Waals surface area (Å²) in [5, 5.41) is 3.12. The Morgan fingerprint density at radius 3 is 2.55 bits per heavy atom. The lowest BCUT2D eigenvalue weighted by atomic mass is 10.0. The first-order valence-electron chi connectivity index (χ1n) is 7.01. The highest BCUT2D eigenvalue weighted by molar-refractivity contribution is 9.10. The normalized spacial score (nSPS) is 36.9. The molecule has 1 N–H and O–H groups in total. The van der Waals surface area contributed by atoms with Crippen LogP contribution in [0.4, 0.5) is 10.1 Å². The molecule has 0 spiro atoms. The van der Waals surface area contributed by atoms with E-state index in [1.807, 2.05) is 0 Å². The van der Waals surface area contributed by atoms with Crippen LogP contribution >= 0.6 is 27.5 Å². The van der Waals surface area contributed by atoms with E-state index < -0.39 is 5.82 Å². The third-order valence-electron chi connectivity index (χ3n) is 5.29. The molecule has 3 fully saturated rings. The first-order chi connectivity index (χ1) is 9.56. The van der Waals surface area contributed by atoms with Crippen LogP contribution in [0, 0.1) is 35.4 Å². The van der Waals surface area contributed by atoms with Gasteiger partial charge in [-0.25, -0.2) is 4.39 Å². The van der Waals surface area contributed by atoms with Gasteiger partial charge in [-0.3, -0.25) is 4.79 Å². The van der Waals surface area contributed by atoms with E-state index in [9.17, 15) is 9.18 Å². The Hall–Kier alpha value is -0.610. The number of rotatable bonds is 2. The molecule has 3 saturated carbocycles. The molecule has 3 aliphatic rings. The summed E-state index contributed by atoms with van der Waals surface area (Å²) in [5.41, 5.74) is 0.482. The van der Waals surface area contributed by atoms with Gasteiger partial charge in [-0.15, -0.1) is 0 Å². The van der Waals surface area contributed by atoms with E-state index in [0.29, 0.717) is 22.0 Å². The van der Waals surface area contributed by atoms with Crippen LogP contribution in [0.2, 0.25) is 5.02 Å². The summed E-state index contributed by atoms with van der Waals surface area (Å²) in [6, 6.07) is 2.54. The van der Waals surface area contributed by atoms with Gasteiger partial charge in [0.25, 0.3) is 0 Å². The number of hydrogen-bond acceptors (Lipinski definition) is 1. The van der Waals surface area contributed by atoms with E-state index in [1.54, 1.807) is 0 Å². The molecule has 2 bridgehead atoms. The van der Waals surface area contributed by atoms with Crippen LogP contribution in [0.5, 0.6) is 0 Å². The summed E-state index contributed by atoms with van der Waals surface area (Å²) in [7, 11) is 0. The molecule has 1 aromatic carbocycles. The Morgan fingerprint density at radius 2 is 1.95 bits per heavy atom. The van der Waals surface area contributed by atoms with Gasteiger partial charge < -0.3 is 5.32 Å². The van der Waals surface area contributed by atoms with Crippen molar-refractivity contribution in [2.75, 3.05) is 5.32 Å². The van der Waals surface area contributed by atoms with Crippen molar-refractivity contribution < 1.29 is 9.18 Å². The van der Waals surface area contributed by atoms with Crippen LogP contribution in [0.1, 0.15) is 19.3 Å². The fraction of sp³-hybridized carbons (Fsp3) is 0.533. The molecule has 0 radical (unpaired) electrons. The van der Waals surface area contributed by atoms with Gasteiger partial charge in [-0.05, 0) is 71.0 Å². The van der Waals surface area contributed by atoms with Gasteiger partial charge in [0.1, 0.15) is 5.82 Å². The van der Waals surface area contributed by atoms with Gasteiger partial charge >= 0.3 is 0 Å². The van der Waals surface area contributed by atoms with E-state index in [2.05, 4.69) is 21.2 Å². The Morgan fingerprint density at radius 1 is 1.30 bits per heavy atom. The lowest BCUT2D eigenvalue weighted by molar-refractivity contribution is -0.118. The maximum absolute atomic E-state index is 13.2. The van der Waals surface area contributed by atoms with E-state index in [4.69, 9.17) is 11.6 Å². The van der Waals surface area contributed by atoms with Crippen molar-refractivity contribution in [3.63, 3.8) is 0 Å². The Bertz CT molecular complexity index is 569. The summed E-state index contributed by atoms with van der Waals surface area (Å²) < 4.78 is 13.7. The number of anilines is 1. The molecule has 1 amide bonds. The minimum atomic E-state index is -0.416. The van der Waals surface area contributed by atoms with E-state index in [-0.39, 0.29) is 16.8 Å². The Balaban J connectivity index is 1.52. The van der Waals surface area contributed by atoms with Crippen molar-refractivity contribution in [3.05, 3.63) is 27.4 Å². The molecular weight excluding hydrogens is 345 g/mol. The highest BCUT2D eigenvalue weighted by atomic mass is 79.9. The van der Waals surface area contributed by atoms with Crippen LogP contribution in [0.25, 0.3) is 0 Å². The van der Waals surface area contributed by atoms with Crippen molar-refractivity contribution >= 4 is 39.1 Å². The second kappa shape index (κ2) is 4.44. The molecule has 20 heavy (non-hydrogen) atoms. The van der Waals surface area contributed by atoms with E-state index in [0.717, 1.165) is 11.8 Å². The zero-order chi connectivity index (χ0) is 14.0. The van der Waals surface area contributed by atoms with Gasteiger partial charge in [0.15, 0.2) is 0 Å². The highest BCUT2D eigenvalue weighted by Gasteiger charge is 2.67. The average molecular weight is 359 g/mol. The number of carbonyl (C=O) groups is 1. The maximum atomic E-state index is 13.2. The lowest BCUT2D eigenvalue weighted by Gasteiger charge is -2.12. The van der Waals surface area contributed by atoms with Crippen molar-refractivity contribution in [1.29, 1.82) is 0 Å². The standard InChI is InChI=1S/C15H14BrClFNO/c16-9-4-8(18)5-10(17)14(9)19-15(20)13-11-6-1-2-7(3-6)12(11)13/h4-7,11-13H,1-3H2,(H,19,20). The number of fused-ring (bicyclic) bond motifs is 5. The van der Waals surface area contributed by atoms with Crippen LogP contribution in [0.3, 0.4) is 0 Å². The Kier molecular flexibility index (Phi) is 2.90. The molecule has 0 heterocycles. The number of benzene rings is 1. The molecule has 4 rings (SSSR count). The van der Waals surface area contributed by atoms with Crippen molar-refractivity contribution in [1.82, 2.24) is 0 Å². The minimum Gasteiger partial charge on any atom is -0.324 e. The fourth-order valence-electron chi connectivity index (χ4n) is 4.54. The van der Waals surface area contributed by atoms with Gasteiger partial charge in [-0.2, -0.15) is 0 Å². The third-order valence-corrected chi connectivity index (χ3v) is 6.22. The molecular formula is C15H14BrClFNO. The summed E-state index contributed by atoms with van der Waals surface area (Å²) >= 11 is 9.26. The molecule has 1 aromatic rings. The smallest absolute Gasteiger partial charge is 0.228 e. The van der Waals surface area contributed by atoms with E-state index in [1.165, 1.54) is 31.4 Å². The fourth-order valence-corrected chi connectivity index (χ4v) is 5.44. The summed E-state index contributed by atoms with van der Waals surface area (Å²) in [6.45, 7) is 0. The van der Waals surface area contributed by atoms with Gasteiger partial charge in [-0.1, -0.05) is 11.6 Å². The van der Waals surface area contributed by atoms with Crippen LogP contribution < -0.4 is 5.32 Å². The van der Waals surface area contributed by atoms with Gasteiger partial charge in [0, 0.05) is 10.4 Å². The minimum absolute atomic E-state index is 0.0470. The summed E-state index contributed by atoms with van der Waals surface area (Å²) in [5.74, 6) is 2.47. The summed E-state index contributed by atoms with van der Waals surface area (Å²) in [6.07, 6.45) is 3.90. The van der Waals surface area contributed by atoms with Crippen molar-refractivity contribution in [2.24, 2.45) is 29.6 Å². The van der Waals surface area contributed by atoms with Crippen molar-refractivity contribution in [2.45, 2.75) is 19.3 Å². The number of nitrogens with one attached hydrogen (secondary N) is 1. The Labute approximate surface area is 130 Å². The van der Waals surface area contributed by atoms with Crippen LogP contribution in [-0.2, 0) is 4.79 Å². The topological polar surface area (TPSA) is 29.1 Å². The number of hydrogen-bond donors (Lipinski definition) is 1. The van der Waals surface area contributed by atoms with Gasteiger partial charge in [0.2, 0.25) is 5.91 Å². The molecule has 4 unspecified atom stereocenters. The third kappa shape index (κ3) is 1.84. The van der Waals surface area contributed by atoms with Crippen molar-refractivity contribution in [3.8, 4) is 0 Å². The zero-order valence-corrected chi connectivity index (χ0v) is 13.0. The lowest BCUT2D eigenvalue weighted by Crippen LogP contribution is -2.19. The number of carbonyl (C=O) groups excluding carboxylic acids is 1. The highest BCUT2D eigenvalue weighted by Crippen LogP contribution is 2.69. The second-order valence-electron chi connectivity index (χ2n) is 6.25. The first kappa shape index (κ1) is 13.1. The van der Waals surface area contributed by atoms with E-state index >= 15 is 0 Å². The van der Waals surface area contributed by atoms with Crippen LogP contribution in [-0.4, -0.2) is 5.91 Å². The molecule has 0 aromatic heterocycles. The maximum Gasteiger partial charge on any atom is 0.228 e. The molecule has 0 saturated heterocycles. The first-order valence-corrected chi connectivity index (χ1v) is 8.19. The predicted octanol–water partition coefficient (Wildman–Crippen LogP) is 4.47. The predicted molar refractivity (Wildman–Crippen MR) is 79.0 cm³/mol. The number of halogens is 3. The monoisotopic (exact) mass is 357 g/mol. The molecule has 0 aliphatic heterocycles. The molecule has 3 aliphatic carbocycles. The number of amides is 1. The van der Waals surface area contributed by atoms with Gasteiger partial charge in [0.05, 0.1) is 10.7 Å². The molecule has 5 heteroatoms. The molecule has 106 valence electrons. The second-order valence-corrected chi connectivity index (χ2v) is 7.51.